The van der Waals surface area contributed by atoms with Crippen molar-refractivity contribution in [3.8, 4) is 0 Å². The summed E-state index contributed by atoms with van der Waals surface area (Å²) >= 11 is 1.51. The van der Waals surface area contributed by atoms with Crippen molar-refractivity contribution in [3.63, 3.8) is 0 Å². The maximum Gasteiger partial charge on any atom is 0.116 e. The van der Waals surface area contributed by atoms with Gasteiger partial charge in [-0.1, -0.05) is 24.3 Å². The van der Waals surface area contributed by atoms with Crippen LogP contribution in [0.1, 0.15) is 29.0 Å². The van der Waals surface area contributed by atoms with Gasteiger partial charge in [0.25, 0.3) is 0 Å². The Bertz CT molecular complexity index is 498. The number of aliphatic hydroxyl groups is 1. The molecule has 0 aliphatic carbocycles. The van der Waals surface area contributed by atoms with E-state index in [1.54, 1.807) is 5.51 Å². The first-order valence-electron chi connectivity index (χ1n) is 5.73. The number of hydrogen-bond acceptors (Lipinski definition) is 4. The predicted octanol–water partition coefficient (Wildman–Crippen LogP) is 2.06. The van der Waals surface area contributed by atoms with Gasteiger partial charge in [0, 0.05) is 5.38 Å². The molecule has 2 N–H and O–H groups in total. The van der Waals surface area contributed by atoms with Crippen LogP contribution in [-0.4, -0.2) is 16.6 Å². The van der Waals surface area contributed by atoms with Crippen molar-refractivity contribution in [3.05, 3.63) is 52.0 Å². The van der Waals surface area contributed by atoms with Crippen LogP contribution in [-0.2, 0) is 6.42 Å². The number of aromatic nitrogens is 1. The number of thiazole rings is 1. The number of aliphatic hydroxyl groups excluding tert-OH is 1. The van der Waals surface area contributed by atoms with Crippen molar-refractivity contribution in [1.82, 2.24) is 10.3 Å². The molecule has 17 heavy (non-hydrogen) atoms. The number of rotatable bonds is 2. The Kier molecular flexibility index (Phi) is 2.93. The third kappa shape index (κ3) is 1.99. The van der Waals surface area contributed by atoms with Gasteiger partial charge in [-0.2, -0.15) is 0 Å². The zero-order chi connectivity index (χ0) is 11.7. The van der Waals surface area contributed by atoms with E-state index in [1.165, 1.54) is 22.5 Å². The molecule has 0 amide bonds. The molecule has 2 atom stereocenters. The van der Waals surface area contributed by atoms with Crippen LogP contribution in [0.5, 0.6) is 0 Å². The lowest BCUT2D eigenvalue weighted by molar-refractivity contribution is 0.122. The van der Waals surface area contributed by atoms with Gasteiger partial charge in [0.05, 0.1) is 17.2 Å². The molecule has 0 radical (unpaired) electrons. The molecule has 2 unspecified atom stereocenters. The quantitative estimate of drug-likeness (QED) is 0.852. The first-order valence-corrected chi connectivity index (χ1v) is 6.68. The summed E-state index contributed by atoms with van der Waals surface area (Å²) in [6, 6.07) is 8.25. The number of nitrogens with zero attached hydrogens (tertiary/aromatic N) is 1. The van der Waals surface area contributed by atoms with E-state index in [0.717, 1.165) is 18.7 Å². The standard InChI is InChI=1S/C13H14N2OS/c16-13(11-7-17-8-15-11)12-10-4-2-1-3-9(10)5-6-14-12/h1-4,7-8,12-14,16H,5-6H2. The van der Waals surface area contributed by atoms with Gasteiger partial charge in [-0.05, 0) is 24.1 Å². The first-order chi connectivity index (χ1) is 8.36. The summed E-state index contributed by atoms with van der Waals surface area (Å²) < 4.78 is 0. The molecular formula is C13H14N2OS. The summed E-state index contributed by atoms with van der Waals surface area (Å²) in [5.41, 5.74) is 5.03. The molecule has 3 nitrogen and oxygen atoms in total. The van der Waals surface area contributed by atoms with Gasteiger partial charge >= 0.3 is 0 Å². The minimum atomic E-state index is -0.567. The molecule has 0 bridgehead atoms. The molecule has 88 valence electrons. The molecule has 1 aromatic heterocycles. The molecule has 0 fully saturated rings. The molecule has 1 aliphatic rings. The molecular weight excluding hydrogens is 232 g/mol. The summed E-state index contributed by atoms with van der Waals surface area (Å²) in [6.45, 7) is 0.906. The zero-order valence-electron chi connectivity index (χ0n) is 9.34. The second-order valence-electron chi connectivity index (χ2n) is 4.24. The molecule has 2 aromatic rings. The lowest BCUT2D eigenvalue weighted by Crippen LogP contribution is -2.33. The lowest BCUT2D eigenvalue weighted by atomic mass is 9.90. The Hall–Kier alpha value is -1.23. The summed E-state index contributed by atoms with van der Waals surface area (Å²) in [7, 11) is 0. The summed E-state index contributed by atoms with van der Waals surface area (Å²) in [4.78, 5) is 4.19. The molecule has 4 heteroatoms. The summed E-state index contributed by atoms with van der Waals surface area (Å²) in [6.07, 6.45) is 0.457. The smallest absolute Gasteiger partial charge is 0.116 e. The molecule has 2 heterocycles. The Morgan fingerprint density at radius 1 is 1.41 bits per heavy atom. The highest BCUT2D eigenvalue weighted by Gasteiger charge is 2.27. The van der Waals surface area contributed by atoms with Gasteiger partial charge in [0.1, 0.15) is 6.10 Å². The van der Waals surface area contributed by atoms with Crippen molar-refractivity contribution in [2.45, 2.75) is 18.6 Å². The molecule has 0 saturated carbocycles. The number of hydrogen-bond donors (Lipinski definition) is 2. The van der Waals surface area contributed by atoms with Crippen molar-refractivity contribution in [2.75, 3.05) is 6.54 Å². The highest BCUT2D eigenvalue weighted by molar-refractivity contribution is 7.07. The van der Waals surface area contributed by atoms with Crippen LogP contribution in [0.2, 0.25) is 0 Å². The number of nitrogens with one attached hydrogen (secondary N) is 1. The monoisotopic (exact) mass is 246 g/mol. The summed E-state index contributed by atoms with van der Waals surface area (Å²) in [5, 5.41) is 15.6. The normalized spacial score (nSPS) is 20.9. The number of fused-ring (bicyclic) bond motifs is 1. The van der Waals surface area contributed by atoms with Gasteiger partial charge in [-0.15, -0.1) is 11.3 Å². The van der Waals surface area contributed by atoms with Crippen LogP contribution >= 0.6 is 11.3 Å². The average Bonchev–Trinajstić information content (AvgIpc) is 2.91. The molecule has 1 aromatic carbocycles. The van der Waals surface area contributed by atoms with Crippen LogP contribution < -0.4 is 5.32 Å². The Labute approximate surface area is 104 Å². The fourth-order valence-electron chi connectivity index (χ4n) is 2.36. The van der Waals surface area contributed by atoms with E-state index in [9.17, 15) is 5.11 Å². The SMILES string of the molecule is OC(c1cscn1)C1NCCc2ccccc21. The predicted molar refractivity (Wildman–Crippen MR) is 68.0 cm³/mol. The highest BCUT2D eigenvalue weighted by Crippen LogP contribution is 2.32. The van der Waals surface area contributed by atoms with E-state index in [-0.39, 0.29) is 6.04 Å². The maximum absolute atomic E-state index is 10.4. The second-order valence-corrected chi connectivity index (χ2v) is 4.96. The van der Waals surface area contributed by atoms with Crippen LogP contribution in [0.25, 0.3) is 0 Å². The van der Waals surface area contributed by atoms with Crippen LogP contribution in [0.4, 0.5) is 0 Å². The Balaban J connectivity index is 1.95. The average molecular weight is 246 g/mol. The second kappa shape index (κ2) is 4.56. The highest BCUT2D eigenvalue weighted by atomic mass is 32.1. The third-order valence-electron chi connectivity index (χ3n) is 3.22. The minimum Gasteiger partial charge on any atom is -0.385 e. The van der Waals surface area contributed by atoms with Crippen molar-refractivity contribution >= 4 is 11.3 Å². The maximum atomic E-state index is 10.4. The molecule has 3 rings (SSSR count). The first kappa shape index (κ1) is 10.9. The third-order valence-corrected chi connectivity index (χ3v) is 3.82. The largest absolute Gasteiger partial charge is 0.385 e. The van der Waals surface area contributed by atoms with E-state index in [0.29, 0.717) is 0 Å². The Morgan fingerprint density at radius 3 is 3.12 bits per heavy atom. The lowest BCUT2D eigenvalue weighted by Gasteiger charge is -2.29. The molecule has 0 spiro atoms. The van der Waals surface area contributed by atoms with Crippen LogP contribution in [0, 0.1) is 0 Å². The van der Waals surface area contributed by atoms with Gasteiger partial charge < -0.3 is 10.4 Å². The topological polar surface area (TPSA) is 45.2 Å². The van der Waals surface area contributed by atoms with Crippen molar-refractivity contribution in [2.24, 2.45) is 0 Å². The molecule has 0 saturated heterocycles. The van der Waals surface area contributed by atoms with E-state index >= 15 is 0 Å². The number of benzene rings is 1. The van der Waals surface area contributed by atoms with Crippen molar-refractivity contribution in [1.29, 1.82) is 0 Å². The van der Waals surface area contributed by atoms with E-state index in [1.807, 2.05) is 11.4 Å². The van der Waals surface area contributed by atoms with Gasteiger partial charge in [-0.3, -0.25) is 0 Å². The Morgan fingerprint density at radius 2 is 2.29 bits per heavy atom. The van der Waals surface area contributed by atoms with E-state index < -0.39 is 6.10 Å². The fraction of sp³-hybridized carbons (Fsp3) is 0.308. The van der Waals surface area contributed by atoms with Crippen molar-refractivity contribution < 1.29 is 5.11 Å². The van der Waals surface area contributed by atoms with Crippen LogP contribution in [0.3, 0.4) is 0 Å². The van der Waals surface area contributed by atoms with Gasteiger partial charge in [-0.25, -0.2) is 4.98 Å². The minimum absolute atomic E-state index is 0.0398. The molecule has 1 aliphatic heterocycles. The van der Waals surface area contributed by atoms with Crippen LogP contribution in [0.15, 0.2) is 35.2 Å². The summed E-state index contributed by atoms with van der Waals surface area (Å²) in [5.74, 6) is 0. The van der Waals surface area contributed by atoms with E-state index in [2.05, 4.69) is 28.5 Å². The fourth-order valence-corrected chi connectivity index (χ4v) is 2.94. The van der Waals surface area contributed by atoms with Gasteiger partial charge in [0.15, 0.2) is 0 Å². The van der Waals surface area contributed by atoms with E-state index in [4.69, 9.17) is 0 Å². The van der Waals surface area contributed by atoms with Gasteiger partial charge in [0.2, 0.25) is 0 Å². The zero-order valence-corrected chi connectivity index (χ0v) is 10.2.